The van der Waals surface area contributed by atoms with E-state index in [9.17, 15) is 4.79 Å². The summed E-state index contributed by atoms with van der Waals surface area (Å²) in [5, 5.41) is 22.9. The maximum atomic E-state index is 11.0. The number of aromatic nitrogens is 5. The Hall–Kier alpha value is -3.37. The van der Waals surface area contributed by atoms with E-state index in [4.69, 9.17) is 4.74 Å². The number of thiazole rings is 1. The predicted octanol–water partition coefficient (Wildman–Crippen LogP) is 2.45. The number of H-pyrrole nitrogens is 1. The van der Waals surface area contributed by atoms with E-state index in [1.807, 2.05) is 18.2 Å². The highest BCUT2D eigenvalue weighted by atomic mass is 32.1. The second kappa shape index (κ2) is 7.57. The average Bonchev–Trinajstić information content (AvgIpc) is 3.49. The number of ether oxygens (including phenoxy) is 1. The van der Waals surface area contributed by atoms with Crippen LogP contribution in [0.15, 0.2) is 36.7 Å². The molecule has 146 valence electrons. The lowest BCUT2D eigenvalue weighted by atomic mass is 10.0. The number of nitrogens with one attached hydrogen (secondary N) is 3. The summed E-state index contributed by atoms with van der Waals surface area (Å²) in [6, 6.07) is 7.87. The van der Waals surface area contributed by atoms with Gasteiger partial charge in [0.2, 0.25) is 0 Å². The minimum absolute atomic E-state index is 0.381. The molecule has 3 aromatic heterocycles. The Balaban J connectivity index is 1.49. The first kappa shape index (κ1) is 17.7. The van der Waals surface area contributed by atoms with Gasteiger partial charge < -0.3 is 15.4 Å². The average molecular weight is 407 g/mol. The summed E-state index contributed by atoms with van der Waals surface area (Å²) >= 11 is 1.54. The summed E-state index contributed by atoms with van der Waals surface area (Å²) in [6.45, 7) is 2.36. The predicted molar refractivity (Wildman–Crippen MR) is 110 cm³/mol. The molecule has 0 saturated carbocycles. The molecule has 9 nitrogen and oxygen atoms in total. The van der Waals surface area contributed by atoms with Crippen molar-refractivity contribution in [2.24, 2.45) is 0 Å². The number of anilines is 1. The minimum atomic E-state index is 0.381. The molecule has 1 saturated heterocycles. The number of carbonyl (C=O) groups is 1. The van der Waals surface area contributed by atoms with Crippen molar-refractivity contribution in [3.8, 4) is 28.1 Å². The van der Waals surface area contributed by atoms with Gasteiger partial charge in [-0.15, -0.1) is 10.2 Å². The number of nitrogens with zero attached hydrogens (tertiary/aromatic N) is 4. The van der Waals surface area contributed by atoms with Crippen LogP contribution in [0.2, 0.25) is 0 Å². The van der Waals surface area contributed by atoms with Gasteiger partial charge in [-0.25, -0.2) is 0 Å². The third kappa shape index (κ3) is 3.55. The van der Waals surface area contributed by atoms with Gasteiger partial charge in [0, 0.05) is 29.9 Å². The van der Waals surface area contributed by atoms with Crippen LogP contribution in [0.5, 0.6) is 5.75 Å². The van der Waals surface area contributed by atoms with E-state index in [1.165, 1.54) is 11.3 Å². The van der Waals surface area contributed by atoms with Crippen molar-refractivity contribution in [2.75, 3.05) is 18.4 Å². The summed E-state index contributed by atoms with van der Waals surface area (Å²) in [7, 11) is 0. The second-order valence-corrected chi connectivity index (χ2v) is 7.71. The van der Waals surface area contributed by atoms with Crippen molar-refractivity contribution in [1.29, 1.82) is 0 Å². The molecule has 0 bridgehead atoms. The maximum Gasteiger partial charge on any atom is 0.298 e. The number of carbonyl (C=O) groups excluding carboxylic acids is 1. The van der Waals surface area contributed by atoms with Crippen LogP contribution >= 0.6 is 11.3 Å². The number of aromatic amines is 1. The quantitative estimate of drug-likeness (QED) is 0.417. The molecule has 1 fully saturated rings. The van der Waals surface area contributed by atoms with Crippen LogP contribution in [0.4, 0.5) is 5.13 Å². The first-order valence-corrected chi connectivity index (χ1v) is 9.97. The molecule has 1 atom stereocenters. The fourth-order valence-corrected chi connectivity index (χ4v) is 4.28. The fraction of sp³-hybridized carbons (Fsp3) is 0.211. The zero-order chi connectivity index (χ0) is 19.6. The monoisotopic (exact) mass is 407 g/mol. The smallest absolute Gasteiger partial charge is 0.298 e. The van der Waals surface area contributed by atoms with Gasteiger partial charge in [-0.05, 0) is 36.7 Å². The Bertz CT molecular complexity index is 1150. The van der Waals surface area contributed by atoms with Gasteiger partial charge >= 0.3 is 0 Å². The lowest BCUT2D eigenvalue weighted by Gasteiger charge is -2.08. The highest BCUT2D eigenvalue weighted by molar-refractivity contribution is 7.22. The third-order valence-corrected chi connectivity index (χ3v) is 5.73. The minimum Gasteiger partial charge on any atom is -0.428 e. The van der Waals surface area contributed by atoms with E-state index >= 15 is 0 Å². The van der Waals surface area contributed by atoms with Gasteiger partial charge in [0.1, 0.15) is 5.75 Å². The molecule has 1 aliphatic rings. The molecule has 4 heterocycles. The molecule has 1 aliphatic heterocycles. The molecule has 4 aromatic rings. The number of hydrogen-bond donors (Lipinski definition) is 3. The summed E-state index contributed by atoms with van der Waals surface area (Å²) in [5.41, 5.74) is 3.67. The van der Waals surface area contributed by atoms with Crippen molar-refractivity contribution in [3.63, 3.8) is 0 Å². The van der Waals surface area contributed by atoms with Crippen molar-refractivity contribution in [2.45, 2.75) is 12.5 Å². The number of fused-ring (bicyclic) bond motifs is 1. The molecule has 0 spiro atoms. The van der Waals surface area contributed by atoms with Gasteiger partial charge in [0.25, 0.3) is 6.47 Å². The lowest BCUT2D eigenvalue weighted by molar-refractivity contribution is -0.120. The van der Waals surface area contributed by atoms with Gasteiger partial charge in [-0.3, -0.25) is 9.89 Å². The van der Waals surface area contributed by atoms with Gasteiger partial charge in [0.15, 0.2) is 10.8 Å². The summed E-state index contributed by atoms with van der Waals surface area (Å²) in [6.07, 6.45) is 4.55. The fourth-order valence-electron chi connectivity index (χ4n) is 3.36. The first-order valence-electron chi connectivity index (χ1n) is 9.15. The van der Waals surface area contributed by atoms with Gasteiger partial charge in [-0.1, -0.05) is 17.4 Å². The Kier molecular flexibility index (Phi) is 4.62. The molecule has 29 heavy (non-hydrogen) atoms. The zero-order valence-corrected chi connectivity index (χ0v) is 16.1. The summed E-state index contributed by atoms with van der Waals surface area (Å²) < 4.78 is 6.14. The summed E-state index contributed by atoms with van der Waals surface area (Å²) in [4.78, 5) is 15.6. The topological polar surface area (TPSA) is 118 Å². The highest BCUT2D eigenvalue weighted by Gasteiger charge is 2.17. The van der Waals surface area contributed by atoms with Crippen LogP contribution in [-0.2, 0) is 4.79 Å². The molecule has 1 unspecified atom stereocenters. The van der Waals surface area contributed by atoms with Crippen molar-refractivity contribution in [3.05, 3.63) is 36.7 Å². The normalized spacial score (nSPS) is 16.2. The van der Waals surface area contributed by atoms with Crippen LogP contribution in [0.3, 0.4) is 0 Å². The molecular weight excluding hydrogens is 390 g/mol. The largest absolute Gasteiger partial charge is 0.428 e. The Labute approximate surface area is 169 Å². The molecule has 0 aliphatic carbocycles. The SMILES string of the molecule is O=COc1cc(-c2cn[nH]c2)ccc1-c1cc2sc(NC3CCNC3)nc2nn1. The van der Waals surface area contributed by atoms with Crippen molar-refractivity contribution in [1.82, 2.24) is 30.7 Å². The molecule has 0 radical (unpaired) electrons. The van der Waals surface area contributed by atoms with E-state index in [1.54, 1.807) is 18.5 Å². The molecule has 0 amide bonds. The van der Waals surface area contributed by atoms with Crippen LogP contribution < -0.4 is 15.4 Å². The van der Waals surface area contributed by atoms with Crippen LogP contribution in [-0.4, -0.2) is 51.0 Å². The summed E-state index contributed by atoms with van der Waals surface area (Å²) in [5.74, 6) is 0.409. The Morgan fingerprint density at radius 1 is 1.24 bits per heavy atom. The van der Waals surface area contributed by atoms with Gasteiger partial charge in [0.05, 0.1) is 16.6 Å². The van der Waals surface area contributed by atoms with E-state index in [0.717, 1.165) is 40.5 Å². The van der Waals surface area contributed by atoms with Crippen molar-refractivity contribution >= 4 is 33.3 Å². The zero-order valence-electron chi connectivity index (χ0n) is 15.3. The Morgan fingerprint density at radius 2 is 2.21 bits per heavy atom. The molecule has 10 heteroatoms. The van der Waals surface area contributed by atoms with Crippen LogP contribution in [0.25, 0.3) is 32.7 Å². The lowest BCUT2D eigenvalue weighted by Crippen LogP contribution is -2.21. The molecular formula is C19H17N7O2S. The molecule has 5 rings (SSSR count). The standard InChI is InChI=1S/C19H17N7O2S/c27-10-28-16-5-11(12-7-21-22-8-12)1-2-14(16)15-6-17-18(26-25-15)24-19(29-17)23-13-3-4-20-9-13/h1-2,5-8,10,13,20H,3-4,9H2,(H,21,22)(H,23,24,26). The first-order chi connectivity index (χ1) is 14.3. The number of hydrogen-bond acceptors (Lipinski definition) is 9. The van der Waals surface area contributed by atoms with E-state index in [2.05, 4.69) is 36.0 Å². The second-order valence-electron chi connectivity index (χ2n) is 6.68. The number of rotatable bonds is 6. The Morgan fingerprint density at radius 3 is 3.00 bits per heavy atom. The number of benzene rings is 1. The molecule has 1 aromatic carbocycles. The van der Waals surface area contributed by atoms with E-state index < -0.39 is 0 Å². The van der Waals surface area contributed by atoms with E-state index in [-0.39, 0.29) is 0 Å². The molecule has 3 N–H and O–H groups in total. The maximum absolute atomic E-state index is 11.0. The van der Waals surface area contributed by atoms with Crippen LogP contribution in [0, 0.1) is 0 Å². The van der Waals surface area contributed by atoms with Crippen molar-refractivity contribution < 1.29 is 9.53 Å². The van der Waals surface area contributed by atoms with Gasteiger partial charge in [-0.2, -0.15) is 10.1 Å². The van der Waals surface area contributed by atoms with E-state index in [0.29, 0.717) is 35.2 Å². The highest BCUT2D eigenvalue weighted by Crippen LogP contribution is 2.35. The third-order valence-electron chi connectivity index (χ3n) is 4.81. The van der Waals surface area contributed by atoms with Crippen LogP contribution in [0.1, 0.15) is 6.42 Å².